The van der Waals surface area contributed by atoms with E-state index in [1.54, 1.807) is 0 Å². The topological polar surface area (TPSA) is 36.4 Å². The van der Waals surface area contributed by atoms with Gasteiger partial charge in [-0.1, -0.05) is 181 Å². The third-order valence-corrected chi connectivity index (χ3v) is 8.52. The van der Waals surface area contributed by atoms with Gasteiger partial charge in [0.05, 0.1) is 5.84 Å². The zero-order valence-corrected chi connectivity index (χ0v) is 29.2. The second-order valence-corrected chi connectivity index (χ2v) is 13.3. The van der Waals surface area contributed by atoms with Gasteiger partial charge >= 0.3 is 0 Å². The summed E-state index contributed by atoms with van der Waals surface area (Å²) in [6.45, 7) is 12.3. The number of aliphatic imine (C=N–C) groups is 1. The summed E-state index contributed by atoms with van der Waals surface area (Å²) in [6, 6.07) is 0.468. The van der Waals surface area contributed by atoms with Crippen molar-refractivity contribution < 1.29 is 0 Å². The molecule has 0 aliphatic carbocycles. The molecule has 0 radical (unpaired) electrons. The van der Waals surface area contributed by atoms with E-state index in [4.69, 9.17) is 4.99 Å². The molecule has 0 saturated heterocycles. The summed E-state index contributed by atoms with van der Waals surface area (Å²) in [4.78, 5) is 4.93. The maximum atomic E-state index is 4.93. The molecule has 3 nitrogen and oxygen atoms in total. The maximum Gasteiger partial charge on any atom is 0.0977 e. The Hall–Kier alpha value is -0.570. The first kappa shape index (κ1) is 40.4. The predicted octanol–water partition coefficient (Wildman–Crippen LogP) is 12.3. The van der Waals surface area contributed by atoms with E-state index in [9.17, 15) is 0 Å². The van der Waals surface area contributed by atoms with Crippen LogP contribution in [0.5, 0.6) is 0 Å². The van der Waals surface area contributed by atoms with Gasteiger partial charge in [0.1, 0.15) is 0 Å². The standard InChI is InChI=1S/C38H79N3/c1-5-7-9-11-13-15-17-19-21-23-25-27-29-31-34-39-36-33-38(41-37(3)4)40-35-32-30-28-26-24-22-20-18-16-14-12-10-8-6-2/h37,39H,5-36H2,1-4H3,(H,40,41). The molecule has 0 unspecified atom stereocenters. The van der Waals surface area contributed by atoms with Crippen molar-refractivity contribution in [2.24, 2.45) is 4.99 Å². The van der Waals surface area contributed by atoms with Crippen LogP contribution in [0.25, 0.3) is 0 Å². The molecular weight excluding hydrogens is 498 g/mol. The van der Waals surface area contributed by atoms with Gasteiger partial charge in [-0.25, -0.2) is 0 Å². The highest BCUT2D eigenvalue weighted by molar-refractivity contribution is 5.82. The van der Waals surface area contributed by atoms with E-state index in [-0.39, 0.29) is 0 Å². The van der Waals surface area contributed by atoms with Gasteiger partial charge in [-0.2, -0.15) is 0 Å². The Balaban J connectivity index is 3.53. The largest absolute Gasteiger partial charge is 0.372 e. The third kappa shape index (κ3) is 35.5. The van der Waals surface area contributed by atoms with E-state index in [0.717, 1.165) is 26.1 Å². The number of hydrogen-bond donors (Lipinski definition) is 2. The predicted molar refractivity (Wildman–Crippen MR) is 189 cm³/mol. The van der Waals surface area contributed by atoms with Crippen LogP contribution < -0.4 is 10.6 Å². The lowest BCUT2D eigenvalue weighted by molar-refractivity contribution is 0.530. The van der Waals surface area contributed by atoms with Crippen molar-refractivity contribution in [3.63, 3.8) is 0 Å². The number of amidine groups is 1. The minimum atomic E-state index is 0.468. The number of unbranched alkanes of at least 4 members (excludes halogenated alkanes) is 26. The van der Waals surface area contributed by atoms with Crippen molar-refractivity contribution in [2.45, 2.75) is 220 Å². The van der Waals surface area contributed by atoms with Gasteiger partial charge in [0.25, 0.3) is 0 Å². The highest BCUT2D eigenvalue weighted by Gasteiger charge is 2.02. The van der Waals surface area contributed by atoms with Gasteiger partial charge in [0, 0.05) is 25.6 Å². The lowest BCUT2D eigenvalue weighted by Gasteiger charge is -2.14. The quantitative estimate of drug-likeness (QED) is 0.0453. The van der Waals surface area contributed by atoms with Crippen LogP contribution in [0.3, 0.4) is 0 Å². The summed E-state index contributed by atoms with van der Waals surface area (Å²) in [6.07, 6.45) is 40.9. The molecule has 3 heteroatoms. The maximum absolute atomic E-state index is 4.93. The van der Waals surface area contributed by atoms with Crippen LogP contribution in [-0.2, 0) is 0 Å². The van der Waals surface area contributed by atoms with Gasteiger partial charge in [-0.05, 0) is 33.2 Å². The van der Waals surface area contributed by atoms with E-state index in [1.807, 2.05) is 0 Å². The second-order valence-electron chi connectivity index (χ2n) is 13.3. The number of hydrogen-bond acceptors (Lipinski definition) is 2. The first-order valence-electron chi connectivity index (χ1n) is 19.2. The molecule has 0 aromatic carbocycles. The van der Waals surface area contributed by atoms with Crippen molar-refractivity contribution >= 4 is 5.84 Å². The Labute approximate surface area is 260 Å². The lowest BCUT2D eigenvalue weighted by atomic mass is 10.0. The molecule has 0 bridgehead atoms. The Morgan fingerprint density at radius 1 is 0.439 bits per heavy atom. The molecule has 0 aliphatic heterocycles. The normalized spacial score (nSPS) is 12.1. The Morgan fingerprint density at radius 2 is 0.780 bits per heavy atom. The van der Waals surface area contributed by atoms with Gasteiger partial charge in [-0.3, -0.25) is 4.99 Å². The molecule has 0 atom stereocenters. The molecule has 41 heavy (non-hydrogen) atoms. The van der Waals surface area contributed by atoms with Crippen LogP contribution >= 0.6 is 0 Å². The van der Waals surface area contributed by atoms with Crippen LogP contribution in [0.4, 0.5) is 0 Å². The fourth-order valence-electron chi connectivity index (χ4n) is 5.83. The van der Waals surface area contributed by atoms with Crippen LogP contribution in [0.15, 0.2) is 4.99 Å². The second kappa shape index (κ2) is 35.6. The summed E-state index contributed by atoms with van der Waals surface area (Å²) in [5.74, 6) is 1.21. The minimum absolute atomic E-state index is 0.468. The van der Waals surface area contributed by atoms with E-state index >= 15 is 0 Å². The smallest absolute Gasteiger partial charge is 0.0977 e. The van der Waals surface area contributed by atoms with E-state index in [0.29, 0.717) is 6.04 Å². The first-order chi connectivity index (χ1) is 20.2. The van der Waals surface area contributed by atoms with Gasteiger partial charge in [0.15, 0.2) is 0 Å². The van der Waals surface area contributed by atoms with Crippen LogP contribution in [-0.4, -0.2) is 31.5 Å². The number of nitrogens with zero attached hydrogens (tertiary/aromatic N) is 1. The molecule has 0 aromatic heterocycles. The summed E-state index contributed by atoms with van der Waals surface area (Å²) in [7, 11) is 0. The molecule has 0 saturated carbocycles. The summed E-state index contributed by atoms with van der Waals surface area (Å²) < 4.78 is 0. The van der Waals surface area contributed by atoms with E-state index < -0.39 is 0 Å². The Kier molecular flexibility index (Phi) is 35.1. The number of rotatable bonds is 34. The lowest BCUT2D eigenvalue weighted by Crippen LogP contribution is -2.33. The summed E-state index contributed by atoms with van der Waals surface area (Å²) >= 11 is 0. The zero-order valence-electron chi connectivity index (χ0n) is 29.2. The molecule has 0 rings (SSSR count). The van der Waals surface area contributed by atoms with Crippen LogP contribution in [0.1, 0.15) is 214 Å². The van der Waals surface area contributed by atoms with Crippen molar-refractivity contribution in [3.8, 4) is 0 Å². The van der Waals surface area contributed by atoms with Crippen molar-refractivity contribution in [1.82, 2.24) is 10.6 Å². The number of nitrogens with one attached hydrogen (secondary N) is 2. The Bertz CT molecular complexity index is 502. The average Bonchev–Trinajstić information content (AvgIpc) is 2.96. The Morgan fingerprint density at radius 3 is 1.15 bits per heavy atom. The molecule has 0 aromatic rings. The van der Waals surface area contributed by atoms with Crippen molar-refractivity contribution in [2.75, 3.05) is 19.6 Å². The molecule has 246 valence electrons. The van der Waals surface area contributed by atoms with Crippen molar-refractivity contribution in [1.29, 1.82) is 0 Å². The molecule has 0 fully saturated rings. The highest BCUT2D eigenvalue weighted by atomic mass is 15.0. The summed E-state index contributed by atoms with van der Waals surface area (Å²) in [5, 5.41) is 7.26. The molecule has 0 amide bonds. The molecular formula is C38H79N3. The fourth-order valence-corrected chi connectivity index (χ4v) is 5.83. The molecule has 2 N–H and O–H groups in total. The first-order valence-corrected chi connectivity index (χ1v) is 19.2. The third-order valence-electron chi connectivity index (χ3n) is 8.52. The average molecular weight is 578 g/mol. The van der Waals surface area contributed by atoms with Gasteiger partial charge in [-0.15, -0.1) is 0 Å². The SMILES string of the molecule is CCCCCCCCCCCCCCCCN=C(CCNCCCCCCCCCCCCCCCC)NC(C)C. The van der Waals surface area contributed by atoms with E-state index in [1.165, 1.54) is 186 Å². The monoisotopic (exact) mass is 578 g/mol. The van der Waals surface area contributed by atoms with Crippen molar-refractivity contribution in [3.05, 3.63) is 0 Å². The summed E-state index contributed by atoms with van der Waals surface area (Å²) in [5.41, 5.74) is 0. The highest BCUT2D eigenvalue weighted by Crippen LogP contribution is 2.14. The molecule has 0 heterocycles. The van der Waals surface area contributed by atoms with Gasteiger partial charge in [0.2, 0.25) is 0 Å². The molecule has 0 aliphatic rings. The van der Waals surface area contributed by atoms with Crippen LogP contribution in [0, 0.1) is 0 Å². The molecule has 0 spiro atoms. The van der Waals surface area contributed by atoms with E-state index in [2.05, 4.69) is 38.3 Å². The van der Waals surface area contributed by atoms with Crippen LogP contribution in [0.2, 0.25) is 0 Å². The zero-order chi connectivity index (χ0) is 29.9. The minimum Gasteiger partial charge on any atom is -0.372 e. The fraction of sp³-hybridized carbons (Fsp3) is 0.974. The van der Waals surface area contributed by atoms with Gasteiger partial charge < -0.3 is 10.6 Å².